The molecule has 24 heavy (non-hydrogen) atoms. The molecule has 0 aliphatic heterocycles. The van der Waals surface area contributed by atoms with Gasteiger partial charge in [0.25, 0.3) is 5.56 Å². The molecule has 0 saturated carbocycles. The van der Waals surface area contributed by atoms with Gasteiger partial charge in [0.1, 0.15) is 0 Å². The zero-order valence-corrected chi connectivity index (χ0v) is 13.7. The van der Waals surface area contributed by atoms with Crippen LogP contribution < -0.4 is 11.2 Å². The van der Waals surface area contributed by atoms with Gasteiger partial charge in [-0.05, 0) is 24.6 Å². The number of benzene rings is 1. The second-order valence-electron chi connectivity index (χ2n) is 5.67. The first kappa shape index (κ1) is 16.0. The molecule has 0 amide bonds. The van der Waals surface area contributed by atoms with Crippen LogP contribution in [0.15, 0.2) is 38.3 Å². The van der Waals surface area contributed by atoms with Gasteiger partial charge in [0.2, 0.25) is 0 Å². The summed E-state index contributed by atoms with van der Waals surface area (Å²) in [6.07, 6.45) is 0.208. The highest BCUT2D eigenvalue weighted by molar-refractivity contribution is 6.03. The number of ether oxygens (including phenoxy) is 1. The highest BCUT2D eigenvalue weighted by Crippen LogP contribution is 2.24. The number of hydrogen-bond acceptors (Lipinski definition) is 5. The molecular weight excluding hydrogens is 310 g/mol. The zero-order chi connectivity index (χ0) is 17.4. The standard InChI is InChI=1S/C18H17NO5/c1-10-12(8-9-23-11(2)20)18(22)24-16-13-6-4-5-7-14(13)19(3)17(21)15(10)16/h4-7H,8-9H2,1-3H3. The van der Waals surface area contributed by atoms with Gasteiger partial charge >= 0.3 is 11.6 Å². The van der Waals surface area contributed by atoms with Crippen molar-refractivity contribution in [3.8, 4) is 0 Å². The zero-order valence-electron chi connectivity index (χ0n) is 13.7. The summed E-state index contributed by atoms with van der Waals surface area (Å²) in [5.41, 5.74) is 1.19. The number of hydrogen-bond donors (Lipinski definition) is 0. The number of nitrogens with zero attached hydrogens (tertiary/aromatic N) is 1. The summed E-state index contributed by atoms with van der Waals surface area (Å²) in [4.78, 5) is 36.0. The lowest BCUT2D eigenvalue weighted by atomic mass is 10.0. The fraction of sp³-hybridized carbons (Fsp3) is 0.278. The van der Waals surface area contributed by atoms with Gasteiger partial charge in [-0.3, -0.25) is 9.59 Å². The SMILES string of the molecule is CC(=O)OCCc1c(C)c2c(=O)n(C)c3ccccc3c2oc1=O. The molecule has 0 spiro atoms. The van der Waals surface area contributed by atoms with Gasteiger partial charge in [0.05, 0.1) is 17.5 Å². The maximum Gasteiger partial charge on any atom is 0.339 e. The first-order chi connectivity index (χ1) is 11.4. The minimum Gasteiger partial charge on any atom is -0.466 e. The molecule has 6 heteroatoms. The van der Waals surface area contributed by atoms with Crippen LogP contribution in [0.4, 0.5) is 0 Å². The van der Waals surface area contributed by atoms with E-state index in [1.54, 1.807) is 24.6 Å². The first-order valence-corrected chi connectivity index (χ1v) is 7.59. The Bertz CT molecular complexity index is 1070. The van der Waals surface area contributed by atoms with E-state index in [1.165, 1.54) is 6.92 Å². The number of pyridine rings is 1. The molecule has 0 N–H and O–H groups in total. The monoisotopic (exact) mass is 327 g/mol. The van der Waals surface area contributed by atoms with Crippen LogP contribution in [-0.2, 0) is 23.0 Å². The minimum atomic E-state index is -0.509. The van der Waals surface area contributed by atoms with Crippen molar-refractivity contribution in [1.29, 1.82) is 0 Å². The topological polar surface area (TPSA) is 78.5 Å². The van der Waals surface area contributed by atoms with Crippen LogP contribution in [0.2, 0.25) is 0 Å². The van der Waals surface area contributed by atoms with E-state index in [0.29, 0.717) is 33.0 Å². The second kappa shape index (κ2) is 5.96. The molecular formula is C18H17NO5. The van der Waals surface area contributed by atoms with Gasteiger partial charge in [-0.25, -0.2) is 4.79 Å². The van der Waals surface area contributed by atoms with Crippen LogP contribution in [-0.4, -0.2) is 17.1 Å². The van der Waals surface area contributed by atoms with Crippen molar-refractivity contribution in [3.63, 3.8) is 0 Å². The number of carbonyl (C=O) groups excluding carboxylic acids is 1. The van der Waals surface area contributed by atoms with E-state index >= 15 is 0 Å². The Kier molecular flexibility index (Phi) is 3.97. The molecule has 0 aliphatic rings. The molecule has 0 atom stereocenters. The lowest BCUT2D eigenvalue weighted by Crippen LogP contribution is -2.22. The molecule has 0 saturated heterocycles. The van der Waals surface area contributed by atoms with E-state index in [-0.39, 0.29) is 18.6 Å². The molecule has 2 aromatic heterocycles. The van der Waals surface area contributed by atoms with E-state index in [4.69, 9.17) is 9.15 Å². The number of rotatable bonds is 3. The highest BCUT2D eigenvalue weighted by Gasteiger charge is 2.18. The predicted molar refractivity (Wildman–Crippen MR) is 90.3 cm³/mol. The Balaban J connectivity index is 2.31. The van der Waals surface area contributed by atoms with E-state index in [2.05, 4.69) is 0 Å². The number of aryl methyl sites for hydroxylation is 2. The maximum absolute atomic E-state index is 12.7. The van der Waals surface area contributed by atoms with Gasteiger partial charge in [0, 0.05) is 31.3 Å². The number of esters is 1. The number of fused-ring (bicyclic) bond motifs is 3. The van der Waals surface area contributed by atoms with E-state index in [9.17, 15) is 14.4 Å². The van der Waals surface area contributed by atoms with Crippen LogP contribution >= 0.6 is 0 Å². The van der Waals surface area contributed by atoms with Crippen molar-refractivity contribution in [2.75, 3.05) is 6.61 Å². The van der Waals surface area contributed by atoms with Gasteiger partial charge in [-0.15, -0.1) is 0 Å². The molecule has 0 radical (unpaired) electrons. The van der Waals surface area contributed by atoms with Crippen LogP contribution in [0.25, 0.3) is 21.9 Å². The summed E-state index contributed by atoms with van der Waals surface area (Å²) in [5, 5.41) is 1.09. The summed E-state index contributed by atoms with van der Waals surface area (Å²) in [6, 6.07) is 7.28. The number of aromatic nitrogens is 1. The van der Waals surface area contributed by atoms with Crippen molar-refractivity contribution >= 4 is 27.8 Å². The molecule has 0 bridgehead atoms. The van der Waals surface area contributed by atoms with E-state index < -0.39 is 11.6 Å². The Morgan fingerprint density at radius 3 is 2.67 bits per heavy atom. The maximum atomic E-state index is 12.7. The quantitative estimate of drug-likeness (QED) is 0.543. The molecule has 0 unspecified atom stereocenters. The van der Waals surface area contributed by atoms with Crippen LogP contribution in [0.3, 0.4) is 0 Å². The number of carbonyl (C=O) groups is 1. The molecule has 3 aromatic rings. The van der Waals surface area contributed by atoms with Crippen molar-refractivity contribution in [2.24, 2.45) is 7.05 Å². The lowest BCUT2D eigenvalue weighted by molar-refractivity contribution is -0.140. The Hall–Kier alpha value is -2.89. The third-order valence-electron chi connectivity index (χ3n) is 4.18. The van der Waals surface area contributed by atoms with Crippen molar-refractivity contribution in [2.45, 2.75) is 20.3 Å². The van der Waals surface area contributed by atoms with Crippen molar-refractivity contribution in [1.82, 2.24) is 4.57 Å². The van der Waals surface area contributed by atoms with Crippen molar-refractivity contribution in [3.05, 3.63) is 56.2 Å². The smallest absolute Gasteiger partial charge is 0.339 e. The average Bonchev–Trinajstić information content (AvgIpc) is 2.55. The fourth-order valence-electron chi connectivity index (χ4n) is 2.95. The Morgan fingerprint density at radius 1 is 1.25 bits per heavy atom. The Labute approximate surface area is 137 Å². The first-order valence-electron chi connectivity index (χ1n) is 7.59. The molecule has 0 aliphatic carbocycles. The molecule has 6 nitrogen and oxygen atoms in total. The summed E-state index contributed by atoms with van der Waals surface area (Å²) in [6.45, 7) is 3.09. The lowest BCUT2D eigenvalue weighted by Gasteiger charge is -2.12. The third kappa shape index (κ3) is 2.50. The van der Waals surface area contributed by atoms with Gasteiger partial charge < -0.3 is 13.7 Å². The predicted octanol–water partition coefficient (Wildman–Crippen LogP) is 2.06. The number of para-hydroxylation sites is 1. The van der Waals surface area contributed by atoms with Crippen LogP contribution in [0.5, 0.6) is 0 Å². The highest BCUT2D eigenvalue weighted by atomic mass is 16.5. The molecule has 0 fully saturated rings. The second-order valence-corrected chi connectivity index (χ2v) is 5.67. The molecule has 3 rings (SSSR count). The van der Waals surface area contributed by atoms with Crippen LogP contribution in [0, 0.1) is 6.92 Å². The Morgan fingerprint density at radius 2 is 1.96 bits per heavy atom. The largest absolute Gasteiger partial charge is 0.466 e. The normalized spacial score (nSPS) is 11.1. The minimum absolute atomic E-state index is 0.0698. The van der Waals surface area contributed by atoms with E-state index in [1.807, 2.05) is 18.2 Å². The third-order valence-corrected chi connectivity index (χ3v) is 4.18. The molecule has 1 aromatic carbocycles. The van der Waals surface area contributed by atoms with Crippen molar-refractivity contribution < 1.29 is 13.9 Å². The molecule has 124 valence electrons. The van der Waals surface area contributed by atoms with Gasteiger partial charge in [0.15, 0.2) is 5.58 Å². The molecule has 2 heterocycles. The average molecular weight is 327 g/mol. The van der Waals surface area contributed by atoms with Gasteiger partial charge in [-0.2, -0.15) is 0 Å². The van der Waals surface area contributed by atoms with E-state index in [0.717, 1.165) is 0 Å². The summed E-state index contributed by atoms with van der Waals surface area (Å²) >= 11 is 0. The summed E-state index contributed by atoms with van der Waals surface area (Å²) < 4.78 is 11.9. The summed E-state index contributed by atoms with van der Waals surface area (Å²) in [5.74, 6) is -0.417. The van der Waals surface area contributed by atoms with Crippen LogP contribution in [0.1, 0.15) is 18.1 Å². The summed E-state index contributed by atoms with van der Waals surface area (Å²) in [7, 11) is 1.69. The van der Waals surface area contributed by atoms with Gasteiger partial charge in [-0.1, -0.05) is 12.1 Å². The fourth-order valence-corrected chi connectivity index (χ4v) is 2.95.